The van der Waals surface area contributed by atoms with Crippen molar-refractivity contribution in [1.82, 2.24) is 4.90 Å². The van der Waals surface area contributed by atoms with Crippen LogP contribution in [0.15, 0.2) is 16.5 Å². The summed E-state index contributed by atoms with van der Waals surface area (Å²) >= 11 is 0. The minimum atomic E-state index is -1.40. The summed E-state index contributed by atoms with van der Waals surface area (Å²) in [5.74, 6) is -1.16. The van der Waals surface area contributed by atoms with E-state index in [9.17, 15) is 13.8 Å². The Hall–Kier alpha value is -1.63. The highest BCUT2D eigenvalue weighted by molar-refractivity contribution is 7.84. The smallest absolute Gasteiger partial charge is 0.371 e. The van der Waals surface area contributed by atoms with Gasteiger partial charge >= 0.3 is 5.97 Å². The molecule has 122 valence electrons. The number of amides is 1. The van der Waals surface area contributed by atoms with Crippen LogP contribution < -0.4 is 0 Å². The number of furan rings is 1. The molecule has 0 saturated heterocycles. The van der Waals surface area contributed by atoms with Gasteiger partial charge in [-0.25, -0.2) is 4.79 Å². The molecule has 1 atom stereocenters. The van der Waals surface area contributed by atoms with Gasteiger partial charge in [-0.15, -0.1) is 0 Å². The van der Waals surface area contributed by atoms with Crippen LogP contribution in [0.25, 0.3) is 0 Å². The Kier molecular flexibility index (Phi) is 5.76. The predicted octanol–water partition coefficient (Wildman–Crippen LogP) is 2.02. The molecule has 1 aromatic heterocycles. The first-order chi connectivity index (χ1) is 10.5. The first-order valence-corrected chi connectivity index (χ1v) is 8.89. The second kappa shape index (κ2) is 7.58. The van der Waals surface area contributed by atoms with Gasteiger partial charge in [0.1, 0.15) is 11.5 Å². The number of carboxylic acids is 1. The number of hydrogen-bond acceptors (Lipinski definition) is 4. The van der Waals surface area contributed by atoms with Gasteiger partial charge in [-0.05, 0) is 25.0 Å². The fourth-order valence-electron chi connectivity index (χ4n) is 2.69. The standard InChI is InChI=1S/C15H21NO5S/c1-16(11-5-3-2-4-6-11)14(17)10-22(20)9-12-7-8-13(21-12)15(18)19/h7-8,11H,2-6,9-10H2,1H3,(H,18,19). The summed E-state index contributed by atoms with van der Waals surface area (Å²) in [6.07, 6.45) is 5.50. The molecule has 1 aliphatic rings. The van der Waals surface area contributed by atoms with Crippen LogP contribution in [0, 0.1) is 0 Å². The van der Waals surface area contributed by atoms with Crippen molar-refractivity contribution in [3.8, 4) is 0 Å². The van der Waals surface area contributed by atoms with Crippen molar-refractivity contribution in [3.05, 3.63) is 23.7 Å². The SMILES string of the molecule is CN(C(=O)CS(=O)Cc1ccc(C(=O)O)o1)C1CCCCC1. The Bertz CT molecular complexity index is 562. The quantitative estimate of drug-likeness (QED) is 0.863. The largest absolute Gasteiger partial charge is 0.475 e. The van der Waals surface area contributed by atoms with Crippen molar-refractivity contribution < 1.29 is 23.3 Å². The minimum absolute atomic E-state index is 0.0531. The molecular formula is C15H21NO5S. The van der Waals surface area contributed by atoms with E-state index in [0.717, 1.165) is 25.7 Å². The van der Waals surface area contributed by atoms with Crippen LogP contribution >= 0.6 is 0 Å². The molecule has 1 aliphatic carbocycles. The summed E-state index contributed by atoms with van der Waals surface area (Å²) in [4.78, 5) is 24.6. The van der Waals surface area contributed by atoms with Crippen molar-refractivity contribution in [2.24, 2.45) is 0 Å². The van der Waals surface area contributed by atoms with Crippen LogP contribution in [0.1, 0.15) is 48.4 Å². The Labute approximate surface area is 131 Å². The van der Waals surface area contributed by atoms with E-state index in [1.807, 2.05) is 0 Å². The molecular weight excluding hydrogens is 306 g/mol. The lowest BCUT2D eigenvalue weighted by molar-refractivity contribution is -0.129. The average Bonchev–Trinajstić information content (AvgIpc) is 2.95. The van der Waals surface area contributed by atoms with E-state index in [2.05, 4.69) is 0 Å². The third-order valence-corrected chi connectivity index (χ3v) is 5.15. The highest BCUT2D eigenvalue weighted by Crippen LogP contribution is 2.21. The maximum absolute atomic E-state index is 12.2. The Morgan fingerprint density at radius 2 is 2.00 bits per heavy atom. The van der Waals surface area contributed by atoms with Crippen LogP contribution in [-0.2, 0) is 21.3 Å². The fourth-order valence-corrected chi connectivity index (χ4v) is 3.75. The van der Waals surface area contributed by atoms with Crippen LogP contribution in [0.4, 0.5) is 0 Å². The Balaban J connectivity index is 1.84. The molecule has 0 aromatic carbocycles. The summed E-state index contributed by atoms with van der Waals surface area (Å²) in [5, 5.41) is 8.76. The number of carbonyl (C=O) groups is 2. The van der Waals surface area contributed by atoms with E-state index in [1.165, 1.54) is 18.6 Å². The van der Waals surface area contributed by atoms with E-state index in [4.69, 9.17) is 9.52 Å². The molecule has 1 aromatic rings. The minimum Gasteiger partial charge on any atom is -0.475 e. The normalized spacial score (nSPS) is 17.1. The second-order valence-corrected chi connectivity index (χ2v) is 7.05. The van der Waals surface area contributed by atoms with E-state index in [-0.39, 0.29) is 29.2 Å². The number of carbonyl (C=O) groups excluding carboxylic acids is 1. The monoisotopic (exact) mass is 327 g/mol. The lowest BCUT2D eigenvalue weighted by Crippen LogP contribution is -2.40. The Morgan fingerprint density at radius 1 is 1.32 bits per heavy atom. The van der Waals surface area contributed by atoms with Crippen LogP contribution in [0.2, 0.25) is 0 Å². The van der Waals surface area contributed by atoms with Gasteiger partial charge in [-0.1, -0.05) is 19.3 Å². The van der Waals surface area contributed by atoms with Gasteiger partial charge in [0.25, 0.3) is 0 Å². The summed E-state index contributed by atoms with van der Waals surface area (Å²) in [5.41, 5.74) is 0. The molecule has 0 radical (unpaired) electrons. The third kappa shape index (κ3) is 4.43. The zero-order chi connectivity index (χ0) is 16.1. The van der Waals surface area contributed by atoms with Gasteiger partial charge < -0.3 is 14.4 Å². The van der Waals surface area contributed by atoms with Crippen molar-refractivity contribution in [2.75, 3.05) is 12.8 Å². The molecule has 0 bridgehead atoms. The molecule has 0 aliphatic heterocycles. The number of carboxylic acid groups (broad SMARTS) is 1. The average molecular weight is 327 g/mol. The zero-order valence-electron chi connectivity index (χ0n) is 12.6. The van der Waals surface area contributed by atoms with E-state index in [0.29, 0.717) is 5.76 Å². The highest BCUT2D eigenvalue weighted by atomic mass is 32.2. The van der Waals surface area contributed by atoms with Crippen LogP contribution in [0.3, 0.4) is 0 Å². The zero-order valence-corrected chi connectivity index (χ0v) is 13.4. The van der Waals surface area contributed by atoms with Gasteiger partial charge in [0.2, 0.25) is 11.7 Å². The molecule has 1 unspecified atom stereocenters. The molecule has 1 fully saturated rings. The number of aromatic carboxylic acids is 1. The number of nitrogens with zero attached hydrogens (tertiary/aromatic N) is 1. The van der Waals surface area contributed by atoms with Crippen LogP contribution in [-0.4, -0.2) is 44.9 Å². The maximum Gasteiger partial charge on any atom is 0.371 e. The van der Waals surface area contributed by atoms with Gasteiger partial charge in [0, 0.05) is 23.9 Å². The van der Waals surface area contributed by atoms with E-state index < -0.39 is 16.8 Å². The summed E-state index contributed by atoms with van der Waals surface area (Å²) in [6, 6.07) is 3.06. The van der Waals surface area contributed by atoms with Crippen molar-refractivity contribution in [3.63, 3.8) is 0 Å². The summed E-state index contributed by atoms with van der Waals surface area (Å²) in [7, 11) is 0.365. The number of rotatable bonds is 6. The molecule has 7 heteroatoms. The van der Waals surface area contributed by atoms with Crippen molar-refractivity contribution >= 4 is 22.7 Å². The molecule has 2 rings (SSSR count). The van der Waals surface area contributed by atoms with Gasteiger partial charge in [0.15, 0.2) is 0 Å². The van der Waals surface area contributed by atoms with E-state index in [1.54, 1.807) is 11.9 Å². The van der Waals surface area contributed by atoms with Gasteiger partial charge in [-0.3, -0.25) is 9.00 Å². The lowest BCUT2D eigenvalue weighted by atomic mass is 9.94. The van der Waals surface area contributed by atoms with E-state index >= 15 is 0 Å². The lowest BCUT2D eigenvalue weighted by Gasteiger charge is -2.31. The molecule has 0 spiro atoms. The summed E-state index contributed by atoms with van der Waals surface area (Å²) < 4.78 is 17.1. The predicted molar refractivity (Wildman–Crippen MR) is 82.0 cm³/mol. The Morgan fingerprint density at radius 3 is 2.59 bits per heavy atom. The molecule has 1 N–H and O–H groups in total. The molecule has 6 nitrogen and oxygen atoms in total. The van der Waals surface area contributed by atoms with Gasteiger partial charge in [0.05, 0.1) is 5.75 Å². The topological polar surface area (TPSA) is 87.8 Å². The first-order valence-electron chi connectivity index (χ1n) is 7.40. The molecule has 1 heterocycles. The van der Waals surface area contributed by atoms with Crippen molar-refractivity contribution in [2.45, 2.75) is 43.9 Å². The fraction of sp³-hybridized carbons (Fsp3) is 0.600. The number of hydrogen-bond donors (Lipinski definition) is 1. The van der Waals surface area contributed by atoms with Crippen LogP contribution in [0.5, 0.6) is 0 Å². The summed E-state index contributed by atoms with van der Waals surface area (Å²) in [6.45, 7) is 0. The molecule has 22 heavy (non-hydrogen) atoms. The molecule has 1 saturated carbocycles. The van der Waals surface area contributed by atoms with Crippen molar-refractivity contribution in [1.29, 1.82) is 0 Å². The van der Waals surface area contributed by atoms with Gasteiger partial charge in [-0.2, -0.15) is 0 Å². The molecule has 1 amide bonds. The maximum atomic E-state index is 12.2. The first kappa shape index (κ1) is 16.7. The second-order valence-electron chi connectivity index (χ2n) is 5.60. The highest BCUT2D eigenvalue weighted by Gasteiger charge is 2.23. The third-order valence-electron chi connectivity index (χ3n) is 3.98.